The Labute approximate surface area is 88.6 Å². The summed E-state index contributed by atoms with van der Waals surface area (Å²) in [4.78, 5) is 4.31. The van der Waals surface area contributed by atoms with Crippen LogP contribution in [0.25, 0.3) is 0 Å². The van der Waals surface area contributed by atoms with Gasteiger partial charge >= 0.3 is 0 Å². The molecule has 0 unspecified atom stereocenters. The second kappa shape index (κ2) is 3.10. The Kier molecular flexibility index (Phi) is 1.85. The molecule has 1 spiro atoms. The average molecular weight is 206 g/mol. The average Bonchev–Trinajstić information content (AvgIpc) is 2.25. The van der Waals surface area contributed by atoms with Gasteiger partial charge in [0, 0.05) is 6.20 Å². The van der Waals surface area contributed by atoms with E-state index >= 15 is 0 Å². The lowest BCUT2D eigenvalue weighted by Crippen LogP contribution is -2.61. The Balaban J connectivity index is 1.96. The molecule has 0 bridgehead atoms. The first-order chi connectivity index (χ1) is 7.33. The topological polar surface area (TPSA) is 43.4 Å². The lowest BCUT2D eigenvalue weighted by Gasteiger charge is -2.45. The number of nitrogens with zero attached hydrogens (tertiary/aromatic N) is 1. The van der Waals surface area contributed by atoms with E-state index in [9.17, 15) is 0 Å². The summed E-state index contributed by atoms with van der Waals surface area (Å²) in [5, 5.41) is 3.42. The molecule has 2 aliphatic heterocycles. The SMILES string of the molecule is CCc1ccnc2c1OCC1(COC1)N2. The van der Waals surface area contributed by atoms with Gasteiger partial charge in [-0.25, -0.2) is 4.98 Å². The van der Waals surface area contributed by atoms with Crippen molar-refractivity contribution in [2.24, 2.45) is 0 Å². The fourth-order valence-corrected chi connectivity index (χ4v) is 2.02. The third-order valence-electron chi connectivity index (χ3n) is 3.00. The van der Waals surface area contributed by atoms with Gasteiger partial charge in [0.05, 0.1) is 13.2 Å². The highest BCUT2D eigenvalue weighted by atomic mass is 16.5. The Morgan fingerprint density at radius 3 is 3.00 bits per heavy atom. The molecule has 1 aromatic rings. The molecule has 3 rings (SSSR count). The van der Waals surface area contributed by atoms with Crippen molar-refractivity contribution >= 4 is 5.82 Å². The summed E-state index contributed by atoms with van der Waals surface area (Å²) in [7, 11) is 0. The van der Waals surface area contributed by atoms with Gasteiger partial charge in [0.2, 0.25) is 0 Å². The summed E-state index contributed by atoms with van der Waals surface area (Å²) in [6, 6.07) is 2.01. The highest BCUT2D eigenvalue weighted by molar-refractivity contribution is 5.58. The van der Waals surface area contributed by atoms with E-state index in [2.05, 4.69) is 17.2 Å². The number of aromatic nitrogens is 1. The maximum atomic E-state index is 5.80. The molecule has 1 aromatic heterocycles. The smallest absolute Gasteiger partial charge is 0.169 e. The first kappa shape index (κ1) is 8.97. The van der Waals surface area contributed by atoms with Crippen LogP contribution in [0.3, 0.4) is 0 Å². The molecule has 0 aliphatic carbocycles. The van der Waals surface area contributed by atoms with E-state index in [-0.39, 0.29) is 5.54 Å². The van der Waals surface area contributed by atoms with Crippen LogP contribution in [-0.2, 0) is 11.2 Å². The Morgan fingerprint density at radius 2 is 2.33 bits per heavy atom. The van der Waals surface area contributed by atoms with E-state index in [1.165, 1.54) is 5.56 Å². The van der Waals surface area contributed by atoms with Crippen molar-refractivity contribution in [3.8, 4) is 5.75 Å². The molecule has 0 amide bonds. The van der Waals surface area contributed by atoms with Gasteiger partial charge < -0.3 is 14.8 Å². The van der Waals surface area contributed by atoms with Crippen LogP contribution in [0.4, 0.5) is 5.82 Å². The number of aryl methyl sites for hydroxylation is 1. The minimum absolute atomic E-state index is 0.0215. The monoisotopic (exact) mass is 206 g/mol. The van der Waals surface area contributed by atoms with Crippen molar-refractivity contribution in [3.05, 3.63) is 17.8 Å². The van der Waals surface area contributed by atoms with E-state index in [4.69, 9.17) is 9.47 Å². The number of hydrogen-bond acceptors (Lipinski definition) is 4. The molecule has 80 valence electrons. The summed E-state index contributed by atoms with van der Waals surface area (Å²) < 4.78 is 11.0. The molecule has 1 N–H and O–H groups in total. The Hall–Kier alpha value is -1.29. The van der Waals surface area contributed by atoms with Crippen LogP contribution in [-0.4, -0.2) is 30.3 Å². The molecule has 4 nitrogen and oxygen atoms in total. The molecule has 1 saturated heterocycles. The third-order valence-corrected chi connectivity index (χ3v) is 3.00. The lowest BCUT2D eigenvalue weighted by atomic mass is 9.97. The van der Waals surface area contributed by atoms with Gasteiger partial charge in [0.15, 0.2) is 11.6 Å². The highest BCUT2D eigenvalue weighted by Gasteiger charge is 2.43. The van der Waals surface area contributed by atoms with Gasteiger partial charge in [-0.2, -0.15) is 0 Å². The van der Waals surface area contributed by atoms with E-state index in [0.717, 1.165) is 18.0 Å². The fraction of sp³-hybridized carbons (Fsp3) is 0.545. The number of fused-ring (bicyclic) bond motifs is 1. The number of nitrogens with one attached hydrogen (secondary N) is 1. The molecule has 2 aliphatic rings. The van der Waals surface area contributed by atoms with Crippen LogP contribution >= 0.6 is 0 Å². The second-order valence-electron chi connectivity index (χ2n) is 4.19. The quantitative estimate of drug-likeness (QED) is 0.750. The van der Waals surface area contributed by atoms with Gasteiger partial charge in [-0.15, -0.1) is 0 Å². The zero-order chi connectivity index (χ0) is 10.3. The van der Waals surface area contributed by atoms with Crippen LogP contribution < -0.4 is 10.1 Å². The van der Waals surface area contributed by atoms with Crippen molar-refractivity contribution < 1.29 is 9.47 Å². The van der Waals surface area contributed by atoms with Gasteiger partial charge in [-0.05, 0) is 18.1 Å². The Bertz CT molecular complexity index is 388. The van der Waals surface area contributed by atoms with Crippen LogP contribution in [0.2, 0.25) is 0 Å². The van der Waals surface area contributed by atoms with Gasteiger partial charge in [-0.3, -0.25) is 0 Å². The number of hydrogen-bond donors (Lipinski definition) is 1. The molecule has 0 saturated carbocycles. The molecule has 4 heteroatoms. The predicted octanol–water partition coefficient (Wildman–Crippen LogP) is 1.22. The van der Waals surface area contributed by atoms with Crippen LogP contribution in [0.15, 0.2) is 12.3 Å². The fourth-order valence-electron chi connectivity index (χ4n) is 2.02. The summed E-state index contributed by atoms with van der Waals surface area (Å²) in [5.41, 5.74) is 1.19. The molecule has 15 heavy (non-hydrogen) atoms. The molecule has 3 heterocycles. The standard InChI is InChI=1S/C11H14N2O2/c1-2-8-3-4-12-10-9(8)15-7-11(13-10)5-14-6-11/h3-4H,2,5-7H2,1H3,(H,12,13). The van der Waals surface area contributed by atoms with E-state index in [1.54, 1.807) is 0 Å². The first-order valence-electron chi connectivity index (χ1n) is 5.30. The van der Waals surface area contributed by atoms with Gasteiger partial charge in [0.25, 0.3) is 0 Å². The summed E-state index contributed by atoms with van der Waals surface area (Å²) >= 11 is 0. The summed E-state index contributed by atoms with van der Waals surface area (Å²) in [6.45, 7) is 4.23. The molecular formula is C11H14N2O2. The van der Waals surface area contributed by atoms with Gasteiger partial charge in [-0.1, -0.05) is 6.92 Å². The summed E-state index contributed by atoms with van der Waals surface area (Å²) in [6.07, 6.45) is 2.79. The zero-order valence-corrected chi connectivity index (χ0v) is 8.75. The number of ether oxygens (including phenoxy) is 2. The molecule has 0 atom stereocenters. The maximum absolute atomic E-state index is 5.80. The molecule has 1 fully saturated rings. The lowest BCUT2D eigenvalue weighted by molar-refractivity contribution is -0.0648. The molecular weight excluding hydrogens is 192 g/mol. The number of pyridine rings is 1. The number of rotatable bonds is 1. The van der Waals surface area contributed by atoms with Crippen molar-refractivity contribution in [1.29, 1.82) is 0 Å². The van der Waals surface area contributed by atoms with Crippen LogP contribution in [0.1, 0.15) is 12.5 Å². The second-order valence-corrected chi connectivity index (χ2v) is 4.19. The molecule has 0 aromatic carbocycles. The van der Waals surface area contributed by atoms with Crippen molar-refractivity contribution in [1.82, 2.24) is 4.98 Å². The third kappa shape index (κ3) is 1.28. The van der Waals surface area contributed by atoms with E-state index in [1.807, 2.05) is 12.3 Å². The van der Waals surface area contributed by atoms with Gasteiger partial charge in [0.1, 0.15) is 12.1 Å². The normalized spacial score (nSPS) is 21.1. The van der Waals surface area contributed by atoms with Crippen LogP contribution in [0.5, 0.6) is 5.75 Å². The van der Waals surface area contributed by atoms with Crippen LogP contribution in [0, 0.1) is 0 Å². The highest BCUT2D eigenvalue weighted by Crippen LogP contribution is 2.36. The van der Waals surface area contributed by atoms with Crippen molar-refractivity contribution in [3.63, 3.8) is 0 Å². The zero-order valence-electron chi connectivity index (χ0n) is 8.75. The maximum Gasteiger partial charge on any atom is 0.169 e. The van der Waals surface area contributed by atoms with E-state index in [0.29, 0.717) is 19.8 Å². The minimum atomic E-state index is -0.0215. The predicted molar refractivity (Wildman–Crippen MR) is 56.3 cm³/mol. The summed E-state index contributed by atoms with van der Waals surface area (Å²) in [5.74, 6) is 1.78. The van der Waals surface area contributed by atoms with Crippen molar-refractivity contribution in [2.45, 2.75) is 18.9 Å². The minimum Gasteiger partial charge on any atom is -0.487 e. The number of anilines is 1. The van der Waals surface area contributed by atoms with E-state index < -0.39 is 0 Å². The van der Waals surface area contributed by atoms with Crippen molar-refractivity contribution in [2.75, 3.05) is 25.1 Å². The first-order valence-corrected chi connectivity index (χ1v) is 5.30. The molecule has 0 radical (unpaired) electrons. The largest absolute Gasteiger partial charge is 0.487 e. The Morgan fingerprint density at radius 1 is 1.47 bits per heavy atom.